The monoisotopic (exact) mass is 346 g/mol. The van der Waals surface area contributed by atoms with Crippen molar-refractivity contribution >= 4 is 29.6 Å². The Morgan fingerprint density at radius 2 is 1.90 bits per heavy atom. The molecule has 112 valence electrons. The molecule has 1 aliphatic rings. The van der Waals surface area contributed by atoms with E-state index in [1.54, 1.807) is 0 Å². The molecule has 0 N–H and O–H groups in total. The highest BCUT2D eigenvalue weighted by Gasteiger charge is 2.31. The molecule has 0 spiro atoms. The standard InChI is InChI=1S/C10H9ClF2O5S2/c11-20(16,17)8-2-1-7(9(12)10(8)13)18-6-3-4-19(14,15)5-6/h1-2,6H,3-5H2. The average molecular weight is 347 g/mol. The van der Waals surface area contributed by atoms with E-state index in [4.69, 9.17) is 15.4 Å². The van der Waals surface area contributed by atoms with Crippen LogP contribution in [0.1, 0.15) is 6.42 Å². The minimum atomic E-state index is -4.41. The molecule has 20 heavy (non-hydrogen) atoms. The second-order valence-electron chi connectivity index (χ2n) is 4.27. The Labute approximate surface area is 118 Å². The van der Waals surface area contributed by atoms with Crippen LogP contribution in [0.2, 0.25) is 0 Å². The summed E-state index contributed by atoms with van der Waals surface area (Å²) in [6.45, 7) is 0. The second kappa shape index (κ2) is 5.12. The summed E-state index contributed by atoms with van der Waals surface area (Å²) >= 11 is 0. The molecule has 0 amide bonds. The van der Waals surface area contributed by atoms with Gasteiger partial charge in [-0.1, -0.05) is 0 Å². The molecule has 0 aliphatic carbocycles. The Balaban J connectivity index is 2.29. The number of rotatable bonds is 3. The van der Waals surface area contributed by atoms with Crippen LogP contribution in [0, 0.1) is 11.6 Å². The quantitative estimate of drug-likeness (QED) is 0.774. The number of benzene rings is 1. The van der Waals surface area contributed by atoms with Crippen LogP contribution in [-0.4, -0.2) is 34.4 Å². The molecule has 1 unspecified atom stereocenters. The molecule has 1 fully saturated rings. The zero-order chi connectivity index (χ0) is 15.1. The van der Waals surface area contributed by atoms with Gasteiger partial charge in [0, 0.05) is 10.7 Å². The van der Waals surface area contributed by atoms with Crippen LogP contribution < -0.4 is 4.74 Å². The zero-order valence-electron chi connectivity index (χ0n) is 9.85. The lowest BCUT2D eigenvalue weighted by Crippen LogP contribution is -2.18. The van der Waals surface area contributed by atoms with Crippen LogP contribution in [0.15, 0.2) is 17.0 Å². The van der Waals surface area contributed by atoms with E-state index in [-0.39, 0.29) is 17.9 Å². The van der Waals surface area contributed by atoms with Gasteiger partial charge in [0.15, 0.2) is 21.4 Å². The zero-order valence-corrected chi connectivity index (χ0v) is 12.2. The van der Waals surface area contributed by atoms with Gasteiger partial charge in [0.05, 0.1) is 11.5 Å². The van der Waals surface area contributed by atoms with Crippen molar-refractivity contribution in [2.45, 2.75) is 17.4 Å². The first-order valence-electron chi connectivity index (χ1n) is 5.40. The third-order valence-corrected chi connectivity index (χ3v) is 5.84. The average Bonchev–Trinajstić information content (AvgIpc) is 2.63. The predicted octanol–water partition coefficient (Wildman–Crippen LogP) is 1.46. The van der Waals surface area contributed by atoms with Crippen molar-refractivity contribution in [2.75, 3.05) is 11.5 Å². The van der Waals surface area contributed by atoms with Gasteiger partial charge in [-0.25, -0.2) is 21.2 Å². The minimum absolute atomic E-state index is 0.0874. The Kier molecular flexibility index (Phi) is 3.96. The molecule has 10 heteroatoms. The van der Waals surface area contributed by atoms with Gasteiger partial charge in [0.1, 0.15) is 11.0 Å². The first kappa shape index (κ1) is 15.5. The highest BCUT2D eigenvalue weighted by Crippen LogP contribution is 2.29. The van der Waals surface area contributed by atoms with Gasteiger partial charge in [-0.15, -0.1) is 0 Å². The number of sulfone groups is 1. The summed E-state index contributed by atoms with van der Waals surface area (Å²) < 4.78 is 76.7. The van der Waals surface area contributed by atoms with Crippen LogP contribution in [0.5, 0.6) is 5.75 Å². The summed E-state index contributed by atoms with van der Waals surface area (Å²) in [6.07, 6.45) is -0.619. The molecule has 1 saturated heterocycles. The number of halogens is 3. The largest absolute Gasteiger partial charge is 0.486 e. The van der Waals surface area contributed by atoms with E-state index in [1.807, 2.05) is 0 Å². The van der Waals surface area contributed by atoms with Crippen molar-refractivity contribution in [3.05, 3.63) is 23.8 Å². The van der Waals surface area contributed by atoms with Crippen molar-refractivity contribution in [1.82, 2.24) is 0 Å². The highest BCUT2D eigenvalue weighted by molar-refractivity contribution is 8.13. The number of ether oxygens (including phenoxy) is 1. The van der Waals surface area contributed by atoms with E-state index >= 15 is 0 Å². The summed E-state index contributed by atoms with van der Waals surface area (Å²) in [4.78, 5) is -0.997. The molecule has 1 aliphatic heterocycles. The molecule has 5 nitrogen and oxygen atoms in total. The van der Waals surface area contributed by atoms with E-state index in [9.17, 15) is 25.6 Å². The lowest BCUT2D eigenvalue weighted by molar-refractivity contribution is 0.215. The SMILES string of the molecule is O=S1(=O)CCC(Oc2ccc(S(=O)(=O)Cl)c(F)c2F)C1. The van der Waals surface area contributed by atoms with Crippen molar-refractivity contribution in [1.29, 1.82) is 0 Å². The van der Waals surface area contributed by atoms with E-state index in [0.29, 0.717) is 0 Å². The van der Waals surface area contributed by atoms with Gasteiger partial charge in [-0.3, -0.25) is 0 Å². The van der Waals surface area contributed by atoms with E-state index in [0.717, 1.165) is 12.1 Å². The predicted molar refractivity (Wildman–Crippen MR) is 67.1 cm³/mol. The van der Waals surface area contributed by atoms with E-state index < -0.39 is 47.3 Å². The Morgan fingerprint density at radius 1 is 1.25 bits per heavy atom. The van der Waals surface area contributed by atoms with Gasteiger partial charge in [-0.2, -0.15) is 4.39 Å². The minimum Gasteiger partial charge on any atom is -0.486 e. The molecule has 1 heterocycles. The van der Waals surface area contributed by atoms with Crippen molar-refractivity contribution in [3.8, 4) is 5.75 Å². The van der Waals surface area contributed by atoms with E-state index in [1.165, 1.54) is 0 Å². The lowest BCUT2D eigenvalue weighted by Gasteiger charge is -2.13. The Hall–Kier alpha value is -0.930. The van der Waals surface area contributed by atoms with Gasteiger partial charge in [0.2, 0.25) is 5.82 Å². The van der Waals surface area contributed by atoms with Crippen LogP contribution in [0.25, 0.3) is 0 Å². The van der Waals surface area contributed by atoms with Gasteiger partial charge in [0.25, 0.3) is 9.05 Å². The molecular weight excluding hydrogens is 338 g/mol. The molecular formula is C10H9ClF2O5S2. The summed E-state index contributed by atoms with van der Waals surface area (Å²) in [7, 11) is -2.70. The number of hydrogen-bond donors (Lipinski definition) is 0. The fourth-order valence-electron chi connectivity index (χ4n) is 1.83. The van der Waals surface area contributed by atoms with Crippen LogP contribution >= 0.6 is 10.7 Å². The number of hydrogen-bond acceptors (Lipinski definition) is 5. The molecule has 0 radical (unpaired) electrons. The first-order valence-corrected chi connectivity index (χ1v) is 9.53. The normalized spacial score (nSPS) is 21.9. The topological polar surface area (TPSA) is 77.5 Å². The maximum atomic E-state index is 13.7. The van der Waals surface area contributed by atoms with Gasteiger partial charge < -0.3 is 4.74 Å². The maximum Gasteiger partial charge on any atom is 0.264 e. The van der Waals surface area contributed by atoms with Crippen molar-refractivity contribution < 1.29 is 30.4 Å². The third-order valence-electron chi connectivity index (χ3n) is 2.76. The van der Waals surface area contributed by atoms with Crippen molar-refractivity contribution in [2.24, 2.45) is 0 Å². The van der Waals surface area contributed by atoms with Crippen LogP contribution in [0.4, 0.5) is 8.78 Å². The molecule has 1 aromatic rings. The second-order valence-corrected chi connectivity index (χ2v) is 9.03. The molecule has 0 aromatic heterocycles. The third kappa shape index (κ3) is 3.21. The summed E-state index contributed by atoms with van der Waals surface area (Å²) in [5.41, 5.74) is 0. The highest BCUT2D eigenvalue weighted by atomic mass is 35.7. The lowest BCUT2D eigenvalue weighted by atomic mass is 10.3. The van der Waals surface area contributed by atoms with Crippen molar-refractivity contribution in [3.63, 3.8) is 0 Å². The van der Waals surface area contributed by atoms with Gasteiger partial charge >= 0.3 is 0 Å². The summed E-state index contributed by atoms with van der Waals surface area (Å²) in [6, 6.07) is 1.66. The molecule has 1 aromatic carbocycles. The van der Waals surface area contributed by atoms with E-state index in [2.05, 4.69) is 0 Å². The summed E-state index contributed by atoms with van der Waals surface area (Å²) in [5, 5.41) is 0. The smallest absolute Gasteiger partial charge is 0.264 e. The molecule has 1 atom stereocenters. The maximum absolute atomic E-state index is 13.7. The van der Waals surface area contributed by atoms with Gasteiger partial charge in [-0.05, 0) is 18.6 Å². The summed E-state index contributed by atoms with van der Waals surface area (Å²) in [5.74, 6) is -4.09. The van der Waals surface area contributed by atoms with Crippen LogP contribution in [0.3, 0.4) is 0 Å². The Bertz CT molecular complexity index is 745. The van der Waals surface area contributed by atoms with Crippen LogP contribution in [-0.2, 0) is 18.9 Å². The molecule has 0 saturated carbocycles. The Morgan fingerprint density at radius 3 is 2.40 bits per heavy atom. The molecule has 0 bridgehead atoms. The fraction of sp³-hybridized carbons (Fsp3) is 0.400. The molecule has 2 rings (SSSR count). The first-order chi connectivity index (χ1) is 9.10. The fourth-order valence-corrected chi connectivity index (χ4v) is 4.31.